The highest BCUT2D eigenvalue weighted by atomic mass is 16.5. The Kier molecular flexibility index (Phi) is 5.99. The molecule has 1 aromatic carbocycles. The van der Waals surface area contributed by atoms with Crippen molar-refractivity contribution in [1.29, 1.82) is 0 Å². The first kappa shape index (κ1) is 13.4. The van der Waals surface area contributed by atoms with E-state index >= 15 is 0 Å². The maximum Gasteiger partial charge on any atom is 0.248 e. The highest BCUT2D eigenvalue weighted by molar-refractivity contribution is 5.99. The van der Waals surface area contributed by atoms with Crippen molar-refractivity contribution >= 4 is 11.6 Å². The van der Waals surface area contributed by atoms with E-state index in [-0.39, 0.29) is 5.91 Å². The molecule has 1 rings (SSSR count). The summed E-state index contributed by atoms with van der Waals surface area (Å²) in [4.78, 5) is 11.5. The van der Waals surface area contributed by atoms with Gasteiger partial charge in [-0.15, -0.1) is 0 Å². The van der Waals surface area contributed by atoms with E-state index in [2.05, 4.69) is 5.32 Å². The summed E-state index contributed by atoms with van der Waals surface area (Å²) in [6.07, 6.45) is 3.83. The Balaban J connectivity index is 2.69. The lowest BCUT2D eigenvalue weighted by Gasteiger charge is -2.09. The molecule has 0 radical (unpaired) electrons. The van der Waals surface area contributed by atoms with Crippen LogP contribution in [0.2, 0.25) is 0 Å². The van der Waals surface area contributed by atoms with Gasteiger partial charge in [0.05, 0.1) is 6.61 Å². The van der Waals surface area contributed by atoms with Crippen LogP contribution in [-0.2, 0) is 16.0 Å². The Hall–Kier alpha value is -1.65. The summed E-state index contributed by atoms with van der Waals surface area (Å²) >= 11 is 0. The Morgan fingerprint density at radius 3 is 2.94 bits per heavy atom. The largest absolute Gasteiger partial charge is 0.384 e. The predicted octanol–water partition coefficient (Wildman–Crippen LogP) is 1.33. The van der Waals surface area contributed by atoms with E-state index in [1.807, 2.05) is 24.3 Å². The molecule has 0 fully saturated rings. The van der Waals surface area contributed by atoms with Gasteiger partial charge >= 0.3 is 0 Å². The third kappa shape index (κ3) is 4.80. The summed E-state index contributed by atoms with van der Waals surface area (Å²) in [5.74, 6) is -0.166. The molecule has 0 unspecified atom stereocenters. The number of methoxy groups -OCH3 is 1. The quantitative estimate of drug-likeness (QED) is 0.730. The van der Waals surface area contributed by atoms with E-state index in [0.29, 0.717) is 13.2 Å². The first-order chi connectivity index (χ1) is 8.27. The lowest BCUT2D eigenvalue weighted by atomic mass is 10.1. The summed E-state index contributed by atoms with van der Waals surface area (Å²) in [6.45, 7) is 0.990. The molecule has 0 spiro atoms. The summed E-state index contributed by atoms with van der Waals surface area (Å²) < 4.78 is 5.03. The number of amides is 1. The van der Waals surface area contributed by atoms with Crippen LogP contribution in [-0.4, -0.2) is 26.2 Å². The average Bonchev–Trinajstić information content (AvgIpc) is 2.35. The van der Waals surface area contributed by atoms with Crippen molar-refractivity contribution in [3.8, 4) is 0 Å². The molecule has 4 nitrogen and oxygen atoms in total. The fourth-order valence-corrected chi connectivity index (χ4v) is 1.42. The lowest BCUT2D eigenvalue weighted by Crippen LogP contribution is -2.11. The van der Waals surface area contributed by atoms with Crippen molar-refractivity contribution < 1.29 is 9.53 Å². The number of hydrogen-bond acceptors (Lipinski definition) is 3. The fourth-order valence-electron chi connectivity index (χ4n) is 1.42. The van der Waals surface area contributed by atoms with Gasteiger partial charge in [0.1, 0.15) is 0 Å². The SMILES string of the molecule is COCCc1ccccc1NC(=O)/C=C/CN. The van der Waals surface area contributed by atoms with E-state index in [1.165, 1.54) is 6.08 Å². The zero-order valence-electron chi connectivity index (χ0n) is 9.98. The minimum atomic E-state index is -0.166. The standard InChI is InChI=1S/C13H18N2O2/c1-17-10-8-11-5-2-3-6-12(11)15-13(16)7-4-9-14/h2-7H,8-10,14H2,1H3,(H,15,16)/b7-4+. The van der Waals surface area contributed by atoms with Crippen molar-refractivity contribution in [2.75, 3.05) is 25.6 Å². The molecule has 0 saturated carbocycles. The van der Waals surface area contributed by atoms with Crippen LogP contribution < -0.4 is 11.1 Å². The smallest absolute Gasteiger partial charge is 0.248 e. The number of carbonyl (C=O) groups is 1. The number of para-hydroxylation sites is 1. The average molecular weight is 234 g/mol. The second-order valence-electron chi connectivity index (χ2n) is 3.53. The van der Waals surface area contributed by atoms with Gasteiger partial charge in [0, 0.05) is 25.4 Å². The van der Waals surface area contributed by atoms with Gasteiger partial charge in [0.25, 0.3) is 0 Å². The van der Waals surface area contributed by atoms with Crippen molar-refractivity contribution in [2.45, 2.75) is 6.42 Å². The summed E-state index contributed by atoms with van der Waals surface area (Å²) in [6, 6.07) is 7.68. The van der Waals surface area contributed by atoms with Crippen LogP contribution in [0.4, 0.5) is 5.69 Å². The number of nitrogens with two attached hydrogens (primary N) is 1. The lowest BCUT2D eigenvalue weighted by molar-refractivity contribution is -0.111. The first-order valence-electron chi connectivity index (χ1n) is 5.52. The van der Waals surface area contributed by atoms with Gasteiger partial charge in [-0.3, -0.25) is 4.79 Å². The van der Waals surface area contributed by atoms with E-state index in [9.17, 15) is 4.79 Å². The third-order valence-corrected chi connectivity index (χ3v) is 2.26. The molecule has 0 aliphatic rings. The van der Waals surface area contributed by atoms with Gasteiger partial charge in [0.15, 0.2) is 0 Å². The molecule has 17 heavy (non-hydrogen) atoms. The monoisotopic (exact) mass is 234 g/mol. The number of carbonyl (C=O) groups excluding carboxylic acids is 1. The molecule has 1 amide bonds. The number of nitrogens with one attached hydrogen (secondary N) is 1. The van der Waals surface area contributed by atoms with Crippen LogP contribution in [0.25, 0.3) is 0 Å². The van der Waals surface area contributed by atoms with Crippen LogP contribution in [0.3, 0.4) is 0 Å². The molecular weight excluding hydrogens is 216 g/mol. The molecule has 0 aliphatic heterocycles. The first-order valence-corrected chi connectivity index (χ1v) is 5.52. The highest BCUT2D eigenvalue weighted by Crippen LogP contribution is 2.15. The summed E-state index contributed by atoms with van der Waals surface area (Å²) in [5.41, 5.74) is 7.16. The Bertz CT molecular complexity index is 389. The topological polar surface area (TPSA) is 64.3 Å². The second kappa shape index (κ2) is 7.60. The van der Waals surface area contributed by atoms with Gasteiger partial charge < -0.3 is 15.8 Å². The molecule has 92 valence electrons. The number of anilines is 1. The highest BCUT2D eigenvalue weighted by Gasteiger charge is 2.03. The number of hydrogen-bond donors (Lipinski definition) is 2. The Morgan fingerprint density at radius 2 is 2.24 bits per heavy atom. The van der Waals surface area contributed by atoms with Gasteiger partial charge in [-0.05, 0) is 18.1 Å². The minimum Gasteiger partial charge on any atom is -0.384 e. The predicted molar refractivity (Wildman–Crippen MR) is 68.8 cm³/mol. The molecular formula is C13H18N2O2. The number of benzene rings is 1. The second-order valence-corrected chi connectivity index (χ2v) is 3.53. The molecule has 0 aliphatic carbocycles. The third-order valence-electron chi connectivity index (χ3n) is 2.26. The van der Waals surface area contributed by atoms with E-state index in [4.69, 9.17) is 10.5 Å². The van der Waals surface area contributed by atoms with E-state index < -0.39 is 0 Å². The molecule has 0 saturated heterocycles. The van der Waals surface area contributed by atoms with Crippen molar-refractivity contribution in [1.82, 2.24) is 0 Å². The van der Waals surface area contributed by atoms with Gasteiger partial charge in [-0.25, -0.2) is 0 Å². The summed E-state index contributed by atoms with van der Waals surface area (Å²) in [5, 5.41) is 2.82. The van der Waals surface area contributed by atoms with Crippen molar-refractivity contribution in [2.24, 2.45) is 5.73 Å². The van der Waals surface area contributed by atoms with E-state index in [0.717, 1.165) is 17.7 Å². The van der Waals surface area contributed by atoms with Crippen LogP contribution in [0.15, 0.2) is 36.4 Å². The van der Waals surface area contributed by atoms with Gasteiger partial charge in [0.2, 0.25) is 5.91 Å². The minimum absolute atomic E-state index is 0.166. The Labute approximate surface area is 101 Å². The number of rotatable bonds is 6. The molecule has 0 atom stereocenters. The molecule has 0 heterocycles. The Morgan fingerprint density at radius 1 is 1.47 bits per heavy atom. The van der Waals surface area contributed by atoms with Crippen LogP contribution in [0, 0.1) is 0 Å². The van der Waals surface area contributed by atoms with Gasteiger partial charge in [-0.1, -0.05) is 24.3 Å². The molecule has 0 aromatic heterocycles. The normalized spacial score (nSPS) is 10.7. The van der Waals surface area contributed by atoms with Gasteiger partial charge in [-0.2, -0.15) is 0 Å². The fraction of sp³-hybridized carbons (Fsp3) is 0.308. The van der Waals surface area contributed by atoms with Crippen LogP contribution in [0.1, 0.15) is 5.56 Å². The van der Waals surface area contributed by atoms with Crippen LogP contribution in [0.5, 0.6) is 0 Å². The molecule has 0 bridgehead atoms. The zero-order chi connectivity index (χ0) is 12.5. The van der Waals surface area contributed by atoms with Crippen LogP contribution >= 0.6 is 0 Å². The summed E-state index contributed by atoms with van der Waals surface area (Å²) in [7, 11) is 1.66. The molecule has 1 aromatic rings. The maximum atomic E-state index is 11.5. The number of ether oxygens (including phenoxy) is 1. The molecule has 3 N–H and O–H groups in total. The molecule has 4 heteroatoms. The van der Waals surface area contributed by atoms with Crippen molar-refractivity contribution in [3.05, 3.63) is 42.0 Å². The maximum absolute atomic E-state index is 11.5. The van der Waals surface area contributed by atoms with Crippen molar-refractivity contribution in [3.63, 3.8) is 0 Å². The van der Waals surface area contributed by atoms with E-state index in [1.54, 1.807) is 13.2 Å². The zero-order valence-corrected chi connectivity index (χ0v) is 9.98.